The van der Waals surface area contributed by atoms with E-state index in [4.69, 9.17) is 9.47 Å². The second kappa shape index (κ2) is 5.91. The molecule has 6 nitrogen and oxygen atoms in total. The van der Waals surface area contributed by atoms with Crippen molar-refractivity contribution in [2.45, 2.75) is 6.92 Å². The predicted octanol–water partition coefficient (Wildman–Crippen LogP) is 3.20. The van der Waals surface area contributed by atoms with Gasteiger partial charge in [-0.05, 0) is 25.1 Å². The van der Waals surface area contributed by atoms with Crippen molar-refractivity contribution in [3.05, 3.63) is 58.5 Å². The number of aryl methyl sites for hydroxylation is 2. The van der Waals surface area contributed by atoms with E-state index in [0.29, 0.717) is 17.0 Å². The monoisotopic (exact) mass is 349 g/mol. The highest BCUT2D eigenvalue weighted by Gasteiger charge is 2.19. The van der Waals surface area contributed by atoms with Crippen LogP contribution in [0.25, 0.3) is 27.5 Å². The van der Waals surface area contributed by atoms with Gasteiger partial charge in [0.1, 0.15) is 5.52 Å². The Labute approximate surface area is 150 Å². The predicted molar refractivity (Wildman–Crippen MR) is 102 cm³/mol. The van der Waals surface area contributed by atoms with Gasteiger partial charge in [-0.2, -0.15) is 9.78 Å². The van der Waals surface area contributed by atoms with Crippen LogP contribution >= 0.6 is 0 Å². The summed E-state index contributed by atoms with van der Waals surface area (Å²) >= 11 is 0. The summed E-state index contributed by atoms with van der Waals surface area (Å²) in [4.78, 5) is 13.2. The van der Waals surface area contributed by atoms with Crippen LogP contribution in [0.15, 0.2) is 47.3 Å². The minimum absolute atomic E-state index is 0.159. The van der Waals surface area contributed by atoms with E-state index in [2.05, 4.69) is 5.10 Å². The number of hydrogen-bond acceptors (Lipinski definition) is 4. The van der Waals surface area contributed by atoms with Crippen molar-refractivity contribution >= 4 is 21.8 Å². The maximum Gasteiger partial charge on any atom is 0.296 e. The maximum absolute atomic E-state index is 13.2. The van der Waals surface area contributed by atoms with Crippen LogP contribution in [-0.2, 0) is 7.05 Å². The summed E-state index contributed by atoms with van der Waals surface area (Å²) in [6.45, 7) is 1.91. The van der Waals surface area contributed by atoms with Gasteiger partial charge in [0.15, 0.2) is 11.5 Å². The molecule has 0 aliphatic heterocycles. The van der Waals surface area contributed by atoms with Gasteiger partial charge in [0.25, 0.3) is 5.56 Å². The van der Waals surface area contributed by atoms with E-state index in [0.717, 1.165) is 27.7 Å². The first kappa shape index (κ1) is 16.2. The maximum atomic E-state index is 13.2. The molecule has 132 valence electrons. The highest BCUT2D eigenvalue weighted by atomic mass is 16.5. The van der Waals surface area contributed by atoms with Crippen LogP contribution in [0.2, 0.25) is 0 Å². The minimum Gasteiger partial charge on any atom is -0.493 e. The van der Waals surface area contributed by atoms with E-state index in [1.807, 2.05) is 61.0 Å². The number of ether oxygens (including phenoxy) is 2. The van der Waals surface area contributed by atoms with Crippen LogP contribution in [0.4, 0.5) is 0 Å². The van der Waals surface area contributed by atoms with Crippen LogP contribution in [0.5, 0.6) is 11.5 Å². The quantitative estimate of drug-likeness (QED) is 0.570. The Bertz CT molecular complexity index is 1190. The topological polar surface area (TPSA) is 58.3 Å². The minimum atomic E-state index is -0.159. The van der Waals surface area contributed by atoms with Gasteiger partial charge < -0.3 is 14.0 Å². The molecule has 26 heavy (non-hydrogen) atoms. The third-order valence-electron chi connectivity index (χ3n) is 4.71. The molecule has 0 saturated carbocycles. The molecule has 0 amide bonds. The molecule has 2 aromatic carbocycles. The number of hydrogen-bond donors (Lipinski definition) is 0. The molecule has 0 spiro atoms. The Balaban J connectivity index is 2.16. The van der Waals surface area contributed by atoms with E-state index in [1.54, 1.807) is 14.2 Å². The average molecular weight is 349 g/mol. The molecule has 0 N–H and O–H groups in total. The molecule has 2 aromatic heterocycles. The van der Waals surface area contributed by atoms with Crippen LogP contribution < -0.4 is 15.0 Å². The highest BCUT2D eigenvalue weighted by molar-refractivity contribution is 6.09. The van der Waals surface area contributed by atoms with Crippen LogP contribution in [-0.4, -0.2) is 28.6 Å². The smallest absolute Gasteiger partial charge is 0.296 e. The molecule has 4 aromatic rings. The first-order valence-corrected chi connectivity index (χ1v) is 8.26. The van der Waals surface area contributed by atoms with Crippen LogP contribution in [0, 0.1) is 6.92 Å². The van der Waals surface area contributed by atoms with Gasteiger partial charge in [0.2, 0.25) is 0 Å². The molecule has 0 saturated heterocycles. The molecule has 0 bridgehead atoms. The van der Waals surface area contributed by atoms with E-state index in [-0.39, 0.29) is 5.56 Å². The van der Waals surface area contributed by atoms with Gasteiger partial charge in [-0.1, -0.05) is 18.2 Å². The average Bonchev–Trinajstić information content (AvgIpc) is 2.97. The number of rotatable bonds is 3. The first-order chi connectivity index (χ1) is 12.6. The lowest BCUT2D eigenvalue weighted by Gasteiger charge is -2.08. The van der Waals surface area contributed by atoms with Gasteiger partial charge in [-0.15, -0.1) is 0 Å². The lowest BCUT2D eigenvalue weighted by molar-refractivity contribution is 0.356. The zero-order valence-electron chi connectivity index (χ0n) is 15.1. The zero-order chi connectivity index (χ0) is 18.4. The Morgan fingerprint density at radius 2 is 1.65 bits per heavy atom. The van der Waals surface area contributed by atoms with E-state index < -0.39 is 0 Å². The molecule has 0 radical (unpaired) electrons. The normalized spacial score (nSPS) is 11.2. The van der Waals surface area contributed by atoms with E-state index >= 15 is 0 Å². The fourth-order valence-corrected chi connectivity index (χ4v) is 3.47. The number of benzene rings is 2. The van der Waals surface area contributed by atoms with Crippen molar-refractivity contribution in [2.24, 2.45) is 7.05 Å². The van der Waals surface area contributed by atoms with Crippen molar-refractivity contribution in [3.8, 4) is 17.2 Å². The number of aromatic nitrogens is 3. The molecule has 0 unspecified atom stereocenters. The van der Waals surface area contributed by atoms with Crippen molar-refractivity contribution in [2.75, 3.05) is 14.2 Å². The van der Waals surface area contributed by atoms with Crippen molar-refractivity contribution in [1.82, 2.24) is 14.3 Å². The molecule has 6 heteroatoms. The lowest BCUT2D eigenvalue weighted by atomic mass is 10.1. The molecular formula is C20H19N3O3. The summed E-state index contributed by atoms with van der Waals surface area (Å²) in [6.07, 6.45) is 0. The summed E-state index contributed by atoms with van der Waals surface area (Å²) in [6, 6.07) is 13.2. The van der Waals surface area contributed by atoms with E-state index in [9.17, 15) is 4.79 Å². The van der Waals surface area contributed by atoms with Crippen molar-refractivity contribution in [1.29, 1.82) is 0 Å². The molecule has 0 aliphatic rings. The molecule has 4 rings (SSSR count). The van der Waals surface area contributed by atoms with Gasteiger partial charge in [-0.25, -0.2) is 0 Å². The first-order valence-electron chi connectivity index (χ1n) is 8.26. The van der Waals surface area contributed by atoms with Gasteiger partial charge >= 0.3 is 0 Å². The Kier molecular flexibility index (Phi) is 3.68. The second-order valence-electron chi connectivity index (χ2n) is 6.14. The number of para-hydroxylation sites is 1. The molecular weight excluding hydrogens is 330 g/mol. The van der Waals surface area contributed by atoms with Gasteiger partial charge in [0, 0.05) is 23.9 Å². The molecule has 0 aliphatic carbocycles. The third-order valence-corrected chi connectivity index (χ3v) is 4.71. The number of fused-ring (bicyclic) bond motifs is 3. The number of nitrogens with zero attached hydrogens (tertiary/aromatic N) is 3. The molecule has 0 fully saturated rings. The fraction of sp³-hybridized carbons (Fsp3) is 0.200. The largest absolute Gasteiger partial charge is 0.493 e. The van der Waals surface area contributed by atoms with Crippen molar-refractivity contribution in [3.63, 3.8) is 0 Å². The van der Waals surface area contributed by atoms with Gasteiger partial charge in [-0.3, -0.25) is 4.79 Å². The SMILES string of the molecule is COc1cc2c3c(C)nn(-c4ccccc4)c(=O)c3n(C)c2cc1OC. The zero-order valence-corrected chi connectivity index (χ0v) is 15.1. The van der Waals surface area contributed by atoms with Crippen LogP contribution in [0.1, 0.15) is 5.69 Å². The summed E-state index contributed by atoms with van der Waals surface area (Å²) in [5.41, 5.74) is 2.86. The Hall–Kier alpha value is -3.28. The summed E-state index contributed by atoms with van der Waals surface area (Å²) in [5, 5.41) is 6.30. The highest BCUT2D eigenvalue weighted by Crippen LogP contribution is 2.37. The Morgan fingerprint density at radius 1 is 1.00 bits per heavy atom. The lowest BCUT2D eigenvalue weighted by Crippen LogP contribution is -2.23. The standard InChI is InChI=1S/C20H19N3O3/c1-12-18-14-10-16(25-3)17(26-4)11-15(14)22(2)19(18)20(24)23(21-12)13-8-6-5-7-9-13/h5-11H,1-4H3. The third kappa shape index (κ3) is 2.19. The van der Waals surface area contributed by atoms with E-state index in [1.165, 1.54) is 4.68 Å². The fourth-order valence-electron chi connectivity index (χ4n) is 3.47. The summed E-state index contributed by atoms with van der Waals surface area (Å²) in [7, 11) is 5.08. The molecule has 0 atom stereocenters. The number of methoxy groups -OCH3 is 2. The second-order valence-corrected chi connectivity index (χ2v) is 6.14. The molecule has 2 heterocycles. The van der Waals surface area contributed by atoms with Crippen LogP contribution in [0.3, 0.4) is 0 Å². The Morgan fingerprint density at radius 3 is 2.31 bits per heavy atom. The van der Waals surface area contributed by atoms with Crippen molar-refractivity contribution < 1.29 is 9.47 Å². The van der Waals surface area contributed by atoms with Gasteiger partial charge in [0.05, 0.1) is 31.1 Å². The summed E-state index contributed by atoms with van der Waals surface area (Å²) < 4.78 is 14.2. The summed E-state index contributed by atoms with van der Waals surface area (Å²) in [5.74, 6) is 1.25.